The van der Waals surface area contributed by atoms with Gasteiger partial charge in [-0.1, -0.05) is 12.1 Å². The number of hydrogen-bond donors (Lipinski definition) is 2. The standard InChI is InChI=1S/C13H18F3N3.HI/c1-3-17-12(18-4-2)19-9-10-5-7-11(8-6-10)13(14,15)16;/h5-8H,3-4,9H2,1-2H3,(H2,17,18,19);1H. The van der Waals surface area contributed by atoms with Gasteiger partial charge in [-0.15, -0.1) is 24.0 Å². The topological polar surface area (TPSA) is 36.4 Å². The lowest BCUT2D eigenvalue weighted by molar-refractivity contribution is -0.137. The SMILES string of the molecule is CCNC(=NCc1ccc(C(F)(F)F)cc1)NCC.I. The third-order valence-corrected chi connectivity index (χ3v) is 2.39. The van der Waals surface area contributed by atoms with Gasteiger partial charge < -0.3 is 10.6 Å². The summed E-state index contributed by atoms with van der Waals surface area (Å²) in [6, 6.07) is 5.04. The third kappa shape index (κ3) is 6.44. The molecule has 0 saturated carbocycles. The Morgan fingerprint density at radius 3 is 1.95 bits per heavy atom. The number of rotatable bonds is 4. The van der Waals surface area contributed by atoms with Crippen LogP contribution in [-0.4, -0.2) is 19.0 Å². The van der Waals surface area contributed by atoms with Crippen LogP contribution in [0.2, 0.25) is 0 Å². The second-order valence-corrected chi connectivity index (χ2v) is 3.92. The van der Waals surface area contributed by atoms with E-state index in [9.17, 15) is 13.2 Å². The van der Waals surface area contributed by atoms with E-state index in [0.717, 1.165) is 30.8 Å². The minimum Gasteiger partial charge on any atom is -0.357 e. The summed E-state index contributed by atoms with van der Waals surface area (Å²) in [5.41, 5.74) is 0.0973. The van der Waals surface area contributed by atoms with Crippen molar-refractivity contribution in [2.45, 2.75) is 26.6 Å². The van der Waals surface area contributed by atoms with Crippen LogP contribution in [0.25, 0.3) is 0 Å². The van der Waals surface area contributed by atoms with Crippen molar-refractivity contribution < 1.29 is 13.2 Å². The molecule has 0 spiro atoms. The number of guanidine groups is 1. The van der Waals surface area contributed by atoms with Crippen LogP contribution < -0.4 is 10.6 Å². The van der Waals surface area contributed by atoms with E-state index in [1.54, 1.807) is 0 Å². The number of hydrogen-bond acceptors (Lipinski definition) is 1. The molecule has 2 N–H and O–H groups in total. The first-order valence-electron chi connectivity index (χ1n) is 6.15. The molecular formula is C13H19F3IN3. The Labute approximate surface area is 134 Å². The maximum Gasteiger partial charge on any atom is 0.416 e. The highest BCUT2D eigenvalue weighted by Crippen LogP contribution is 2.29. The van der Waals surface area contributed by atoms with Gasteiger partial charge in [0.15, 0.2) is 5.96 Å². The van der Waals surface area contributed by atoms with Crippen molar-refractivity contribution in [2.75, 3.05) is 13.1 Å². The fourth-order valence-corrected chi connectivity index (χ4v) is 1.48. The molecule has 7 heteroatoms. The Morgan fingerprint density at radius 1 is 1.05 bits per heavy atom. The lowest BCUT2D eigenvalue weighted by Crippen LogP contribution is -2.36. The average molecular weight is 401 g/mol. The molecule has 0 amide bonds. The lowest BCUT2D eigenvalue weighted by Gasteiger charge is -2.09. The fraction of sp³-hybridized carbons (Fsp3) is 0.462. The van der Waals surface area contributed by atoms with Gasteiger partial charge in [-0.3, -0.25) is 0 Å². The highest BCUT2D eigenvalue weighted by Gasteiger charge is 2.29. The van der Waals surface area contributed by atoms with E-state index in [1.807, 2.05) is 13.8 Å². The van der Waals surface area contributed by atoms with Crippen molar-refractivity contribution in [3.8, 4) is 0 Å². The van der Waals surface area contributed by atoms with Gasteiger partial charge in [0.1, 0.15) is 0 Å². The Balaban J connectivity index is 0.00000361. The van der Waals surface area contributed by atoms with Crippen molar-refractivity contribution in [2.24, 2.45) is 4.99 Å². The number of aliphatic imine (C=N–C) groups is 1. The van der Waals surface area contributed by atoms with Crippen molar-refractivity contribution >= 4 is 29.9 Å². The van der Waals surface area contributed by atoms with Gasteiger partial charge in [-0.25, -0.2) is 4.99 Å². The first-order chi connectivity index (χ1) is 8.97. The molecule has 0 atom stereocenters. The summed E-state index contributed by atoms with van der Waals surface area (Å²) < 4.78 is 37.2. The molecule has 1 aromatic carbocycles. The summed E-state index contributed by atoms with van der Waals surface area (Å²) in [4.78, 5) is 4.28. The van der Waals surface area contributed by atoms with Gasteiger partial charge >= 0.3 is 6.18 Å². The third-order valence-electron chi connectivity index (χ3n) is 2.39. The van der Waals surface area contributed by atoms with Crippen LogP contribution in [0, 0.1) is 0 Å². The summed E-state index contributed by atoms with van der Waals surface area (Å²) in [6.07, 6.45) is -4.29. The number of benzene rings is 1. The highest BCUT2D eigenvalue weighted by atomic mass is 127. The minimum atomic E-state index is -4.29. The molecule has 0 aliphatic heterocycles. The number of nitrogens with one attached hydrogen (secondary N) is 2. The fourth-order valence-electron chi connectivity index (χ4n) is 1.48. The van der Waals surface area contributed by atoms with Gasteiger partial charge in [-0.2, -0.15) is 13.2 Å². The van der Waals surface area contributed by atoms with Crippen LogP contribution in [0.15, 0.2) is 29.3 Å². The predicted molar refractivity (Wildman–Crippen MR) is 85.4 cm³/mol. The van der Waals surface area contributed by atoms with Crippen LogP contribution in [0.4, 0.5) is 13.2 Å². The largest absolute Gasteiger partial charge is 0.416 e. The molecule has 20 heavy (non-hydrogen) atoms. The molecule has 1 rings (SSSR count). The van der Waals surface area contributed by atoms with Crippen molar-refractivity contribution in [1.29, 1.82) is 0 Å². The molecule has 0 bridgehead atoms. The molecule has 0 radical (unpaired) electrons. The quantitative estimate of drug-likeness (QED) is 0.461. The molecule has 3 nitrogen and oxygen atoms in total. The Morgan fingerprint density at radius 2 is 1.55 bits per heavy atom. The van der Waals surface area contributed by atoms with Crippen LogP contribution in [0.3, 0.4) is 0 Å². The van der Waals surface area contributed by atoms with E-state index in [2.05, 4.69) is 15.6 Å². The van der Waals surface area contributed by atoms with E-state index in [4.69, 9.17) is 0 Å². The Bertz CT molecular complexity index is 408. The second kappa shape index (κ2) is 9.04. The van der Waals surface area contributed by atoms with Crippen molar-refractivity contribution in [3.05, 3.63) is 35.4 Å². The van der Waals surface area contributed by atoms with Crippen LogP contribution in [0.1, 0.15) is 25.0 Å². The lowest BCUT2D eigenvalue weighted by atomic mass is 10.1. The molecular weight excluding hydrogens is 382 g/mol. The molecule has 0 aliphatic rings. The van der Waals surface area contributed by atoms with Crippen molar-refractivity contribution in [3.63, 3.8) is 0 Å². The van der Waals surface area contributed by atoms with Crippen LogP contribution in [-0.2, 0) is 12.7 Å². The van der Waals surface area contributed by atoms with Crippen LogP contribution >= 0.6 is 24.0 Å². The summed E-state index contributed by atoms with van der Waals surface area (Å²) in [6.45, 7) is 5.71. The molecule has 0 aliphatic carbocycles. The van der Waals surface area contributed by atoms with E-state index in [0.29, 0.717) is 12.5 Å². The maximum absolute atomic E-state index is 12.4. The molecule has 1 aromatic rings. The van der Waals surface area contributed by atoms with Gasteiger partial charge in [0.05, 0.1) is 12.1 Å². The monoisotopic (exact) mass is 401 g/mol. The molecule has 0 saturated heterocycles. The number of nitrogens with zero attached hydrogens (tertiary/aromatic N) is 1. The normalized spacial score (nSPS) is 10.4. The highest BCUT2D eigenvalue weighted by molar-refractivity contribution is 14.0. The van der Waals surface area contributed by atoms with Crippen LogP contribution in [0.5, 0.6) is 0 Å². The van der Waals surface area contributed by atoms with E-state index in [1.165, 1.54) is 12.1 Å². The van der Waals surface area contributed by atoms with Gasteiger partial charge in [0, 0.05) is 13.1 Å². The summed E-state index contributed by atoms with van der Waals surface area (Å²) >= 11 is 0. The molecule has 0 unspecified atom stereocenters. The zero-order valence-corrected chi connectivity index (χ0v) is 13.8. The van der Waals surface area contributed by atoms with Crippen molar-refractivity contribution in [1.82, 2.24) is 10.6 Å². The maximum atomic E-state index is 12.4. The van der Waals surface area contributed by atoms with Gasteiger partial charge in [0.2, 0.25) is 0 Å². The number of alkyl halides is 3. The zero-order chi connectivity index (χ0) is 14.3. The van der Waals surface area contributed by atoms with Gasteiger partial charge in [0.25, 0.3) is 0 Å². The Kier molecular flexibility index (Phi) is 8.59. The second-order valence-electron chi connectivity index (χ2n) is 3.92. The zero-order valence-electron chi connectivity index (χ0n) is 11.4. The molecule has 114 valence electrons. The summed E-state index contributed by atoms with van der Waals surface area (Å²) in [5, 5.41) is 6.10. The summed E-state index contributed by atoms with van der Waals surface area (Å²) in [5.74, 6) is 0.657. The molecule has 0 fully saturated rings. The number of halogens is 4. The first-order valence-corrected chi connectivity index (χ1v) is 6.15. The van der Waals surface area contributed by atoms with Gasteiger partial charge in [-0.05, 0) is 31.5 Å². The van der Waals surface area contributed by atoms with E-state index < -0.39 is 11.7 Å². The molecule has 0 heterocycles. The summed E-state index contributed by atoms with van der Waals surface area (Å²) in [7, 11) is 0. The first kappa shape index (κ1) is 19.0. The smallest absolute Gasteiger partial charge is 0.357 e. The van der Waals surface area contributed by atoms with E-state index >= 15 is 0 Å². The molecule has 0 aromatic heterocycles. The average Bonchev–Trinajstić information content (AvgIpc) is 2.36. The van der Waals surface area contributed by atoms with E-state index in [-0.39, 0.29) is 24.0 Å². The minimum absolute atomic E-state index is 0. The Hall–Kier alpha value is -0.990. The predicted octanol–water partition coefficient (Wildman–Crippen LogP) is 3.40.